The Bertz CT molecular complexity index is 388. The number of hydrogen-bond donors (Lipinski definition) is 2. The number of hydrogen-bond acceptors (Lipinski definition) is 3. The summed E-state index contributed by atoms with van der Waals surface area (Å²) < 4.78 is 5.79. The van der Waals surface area contributed by atoms with Crippen LogP contribution in [0.2, 0.25) is 0 Å². The molecule has 0 aliphatic heterocycles. The molecule has 1 aromatic rings. The Labute approximate surface area is 116 Å². The van der Waals surface area contributed by atoms with Crippen molar-refractivity contribution in [3.8, 4) is 0 Å². The van der Waals surface area contributed by atoms with E-state index < -0.39 is 0 Å². The van der Waals surface area contributed by atoms with Crippen LogP contribution in [0.3, 0.4) is 0 Å². The van der Waals surface area contributed by atoms with Crippen molar-refractivity contribution in [3.05, 3.63) is 35.4 Å². The molecule has 19 heavy (non-hydrogen) atoms. The standard InChI is InChI=1S/C16H26N2O/c1-12-7-6-10-14(11-12)15(18-17)16(19-2)13-8-4-3-5-9-13/h6-7,10-11,13,15-16,18H,3-5,8-9,17H2,1-2H3. The van der Waals surface area contributed by atoms with Crippen LogP contribution in [0.25, 0.3) is 0 Å². The zero-order chi connectivity index (χ0) is 13.7. The van der Waals surface area contributed by atoms with Gasteiger partial charge in [-0.3, -0.25) is 11.3 Å². The molecule has 3 heteroatoms. The molecular formula is C16H26N2O. The number of nitrogens with two attached hydrogens (primary N) is 1. The molecule has 0 amide bonds. The zero-order valence-corrected chi connectivity index (χ0v) is 12.1. The Balaban J connectivity index is 2.17. The van der Waals surface area contributed by atoms with Crippen LogP contribution in [0.1, 0.15) is 49.3 Å². The summed E-state index contributed by atoms with van der Waals surface area (Å²) in [5.41, 5.74) is 5.45. The van der Waals surface area contributed by atoms with Gasteiger partial charge < -0.3 is 4.74 Å². The summed E-state index contributed by atoms with van der Waals surface area (Å²) in [5, 5.41) is 0. The van der Waals surface area contributed by atoms with Crippen molar-refractivity contribution in [2.45, 2.75) is 51.2 Å². The van der Waals surface area contributed by atoms with Gasteiger partial charge in [0.1, 0.15) is 0 Å². The van der Waals surface area contributed by atoms with Gasteiger partial charge in [0.05, 0.1) is 12.1 Å². The third kappa shape index (κ3) is 3.56. The van der Waals surface area contributed by atoms with E-state index in [0.717, 1.165) is 0 Å². The lowest BCUT2D eigenvalue weighted by Gasteiger charge is -2.34. The third-order valence-corrected chi connectivity index (χ3v) is 4.30. The van der Waals surface area contributed by atoms with Gasteiger partial charge in [-0.25, -0.2) is 0 Å². The number of nitrogens with one attached hydrogen (secondary N) is 1. The number of aryl methyl sites for hydroxylation is 1. The summed E-state index contributed by atoms with van der Waals surface area (Å²) in [6.07, 6.45) is 6.65. The molecule has 1 fully saturated rings. The van der Waals surface area contributed by atoms with Gasteiger partial charge in [-0.15, -0.1) is 0 Å². The van der Waals surface area contributed by atoms with Gasteiger partial charge in [0, 0.05) is 7.11 Å². The van der Waals surface area contributed by atoms with Crippen LogP contribution in [-0.2, 0) is 4.74 Å². The molecule has 1 saturated carbocycles. The van der Waals surface area contributed by atoms with E-state index in [1.54, 1.807) is 7.11 Å². The van der Waals surface area contributed by atoms with E-state index in [2.05, 4.69) is 36.6 Å². The zero-order valence-electron chi connectivity index (χ0n) is 12.1. The van der Waals surface area contributed by atoms with Gasteiger partial charge in [0.25, 0.3) is 0 Å². The molecule has 0 aromatic heterocycles. The summed E-state index contributed by atoms with van der Waals surface area (Å²) >= 11 is 0. The highest BCUT2D eigenvalue weighted by atomic mass is 16.5. The van der Waals surface area contributed by atoms with Crippen molar-refractivity contribution >= 4 is 0 Å². The molecule has 2 rings (SSSR count). The first-order valence-electron chi connectivity index (χ1n) is 7.31. The van der Waals surface area contributed by atoms with Crippen molar-refractivity contribution in [2.24, 2.45) is 11.8 Å². The molecule has 2 atom stereocenters. The van der Waals surface area contributed by atoms with Crippen LogP contribution in [0.15, 0.2) is 24.3 Å². The first kappa shape index (κ1) is 14.5. The smallest absolute Gasteiger partial charge is 0.0806 e. The lowest BCUT2D eigenvalue weighted by Crippen LogP contribution is -2.42. The Morgan fingerprint density at radius 3 is 2.58 bits per heavy atom. The van der Waals surface area contributed by atoms with Gasteiger partial charge >= 0.3 is 0 Å². The summed E-state index contributed by atoms with van der Waals surface area (Å²) in [7, 11) is 1.80. The number of methoxy groups -OCH3 is 1. The maximum Gasteiger partial charge on any atom is 0.0806 e. The quantitative estimate of drug-likeness (QED) is 0.633. The van der Waals surface area contributed by atoms with E-state index in [1.165, 1.54) is 43.2 Å². The molecule has 3 nitrogen and oxygen atoms in total. The normalized spacial score (nSPS) is 20.2. The summed E-state index contributed by atoms with van der Waals surface area (Å²) in [5.74, 6) is 6.42. The minimum absolute atomic E-state index is 0.0769. The molecule has 3 N–H and O–H groups in total. The molecule has 106 valence electrons. The molecule has 0 heterocycles. The van der Waals surface area contributed by atoms with E-state index in [0.29, 0.717) is 5.92 Å². The van der Waals surface area contributed by atoms with Gasteiger partial charge in [-0.2, -0.15) is 0 Å². The Morgan fingerprint density at radius 2 is 2.00 bits per heavy atom. The second-order valence-electron chi connectivity index (χ2n) is 5.66. The monoisotopic (exact) mass is 262 g/mol. The van der Waals surface area contributed by atoms with Gasteiger partial charge in [0.2, 0.25) is 0 Å². The van der Waals surface area contributed by atoms with Crippen LogP contribution < -0.4 is 11.3 Å². The predicted molar refractivity (Wildman–Crippen MR) is 78.6 cm³/mol. The van der Waals surface area contributed by atoms with Crippen molar-refractivity contribution in [1.29, 1.82) is 0 Å². The first-order valence-corrected chi connectivity index (χ1v) is 7.31. The van der Waals surface area contributed by atoms with E-state index in [4.69, 9.17) is 10.6 Å². The first-order chi connectivity index (χ1) is 9.26. The molecule has 1 aliphatic rings. The van der Waals surface area contributed by atoms with Crippen LogP contribution >= 0.6 is 0 Å². The van der Waals surface area contributed by atoms with Crippen molar-refractivity contribution in [2.75, 3.05) is 7.11 Å². The van der Waals surface area contributed by atoms with Gasteiger partial charge in [0.15, 0.2) is 0 Å². The van der Waals surface area contributed by atoms with Crippen molar-refractivity contribution in [3.63, 3.8) is 0 Å². The van der Waals surface area contributed by atoms with E-state index in [9.17, 15) is 0 Å². The molecule has 1 aliphatic carbocycles. The van der Waals surface area contributed by atoms with Crippen LogP contribution in [-0.4, -0.2) is 13.2 Å². The lowest BCUT2D eigenvalue weighted by molar-refractivity contribution is 0.00749. The highest BCUT2D eigenvalue weighted by molar-refractivity contribution is 5.26. The predicted octanol–water partition coefficient (Wildman–Crippen LogP) is 3.09. The summed E-state index contributed by atoms with van der Waals surface area (Å²) in [6, 6.07) is 8.60. The summed E-state index contributed by atoms with van der Waals surface area (Å²) in [4.78, 5) is 0. The van der Waals surface area contributed by atoms with Crippen LogP contribution in [0.5, 0.6) is 0 Å². The summed E-state index contributed by atoms with van der Waals surface area (Å²) in [6.45, 7) is 2.11. The second kappa shape index (κ2) is 7.04. The minimum Gasteiger partial charge on any atom is -0.379 e. The largest absolute Gasteiger partial charge is 0.379 e. The molecule has 1 aromatic carbocycles. The number of ether oxygens (including phenoxy) is 1. The Kier molecular flexibility index (Phi) is 5.37. The van der Waals surface area contributed by atoms with E-state index >= 15 is 0 Å². The Morgan fingerprint density at radius 1 is 1.26 bits per heavy atom. The molecule has 0 bridgehead atoms. The highest BCUT2D eigenvalue weighted by Gasteiger charge is 2.31. The fourth-order valence-electron chi connectivity index (χ4n) is 3.31. The second-order valence-corrected chi connectivity index (χ2v) is 5.66. The Hall–Kier alpha value is -0.900. The third-order valence-electron chi connectivity index (χ3n) is 4.30. The van der Waals surface area contributed by atoms with Crippen molar-refractivity contribution < 1.29 is 4.74 Å². The van der Waals surface area contributed by atoms with E-state index in [-0.39, 0.29) is 12.1 Å². The molecule has 0 radical (unpaired) electrons. The number of benzene rings is 1. The van der Waals surface area contributed by atoms with Crippen LogP contribution in [0, 0.1) is 12.8 Å². The maximum absolute atomic E-state index is 5.81. The fourth-order valence-corrected chi connectivity index (χ4v) is 3.31. The molecular weight excluding hydrogens is 236 g/mol. The topological polar surface area (TPSA) is 47.3 Å². The lowest BCUT2D eigenvalue weighted by atomic mass is 9.81. The van der Waals surface area contributed by atoms with Crippen molar-refractivity contribution in [1.82, 2.24) is 5.43 Å². The minimum atomic E-state index is 0.0769. The average Bonchev–Trinajstić information content (AvgIpc) is 2.45. The fraction of sp³-hybridized carbons (Fsp3) is 0.625. The van der Waals surface area contributed by atoms with Gasteiger partial charge in [-0.1, -0.05) is 49.1 Å². The van der Waals surface area contributed by atoms with Gasteiger partial charge in [-0.05, 0) is 31.2 Å². The maximum atomic E-state index is 5.81. The molecule has 2 unspecified atom stereocenters. The average molecular weight is 262 g/mol. The molecule has 0 spiro atoms. The van der Waals surface area contributed by atoms with Crippen LogP contribution in [0.4, 0.5) is 0 Å². The van der Waals surface area contributed by atoms with E-state index in [1.807, 2.05) is 0 Å². The highest BCUT2D eigenvalue weighted by Crippen LogP contribution is 2.33. The number of hydrazine groups is 1. The number of rotatable bonds is 5. The molecule has 0 saturated heterocycles. The SMILES string of the molecule is COC(C1CCCCC1)C(NN)c1cccc(C)c1.